The summed E-state index contributed by atoms with van der Waals surface area (Å²) in [5, 5.41) is 9.06. The summed E-state index contributed by atoms with van der Waals surface area (Å²) in [5.41, 5.74) is 5.68. The van der Waals surface area contributed by atoms with Crippen LogP contribution >= 0.6 is 0 Å². The van der Waals surface area contributed by atoms with E-state index >= 15 is 0 Å². The minimum Gasteiger partial charge on any atom is -0.393 e. The maximum Gasteiger partial charge on any atom is 0.239 e. The first-order chi connectivity index (χ1) is 6.49. The summed E-state index contributed by atoms with van der Waals surface area (Å²) >= 11 is 0. The fourth-order valence-electron chi connectivity index (χ4n) is 1.21. The van der Waals surface area contributed by atoms with Crippen molar-refractivity contribution in [3.63, 3.8) is 0 Å². The average Bonchev–Trinajstić information content (AvgIpc) is 2.13. The van der Waals surface area contributed by atoms with Gasteiger partial charge in [-0.25, -0.2) is 0 Å². The van der Waals surface area contributed by atoms with Crippen molar-refractivity contribution in [3.8, 4) is 0 Å². The molecular weight excluding hydrogens is 180 g/mol. The fraction of sp³-hybridized carbons (Fsp3) is 0.900. The van der Waals surface area contributed by atoms with E-state index in [1.807, 2.05) is 6.92 Å². The predicted molar refractivity (Wildman–Crippen MR) is 56.8 cm³/mol. The first kappa shape index (κ1) is 13.4. The highest BCUT2D eigenvalue weighted by Crippen LogP contribution is 2.00. The Morgan fingerprint density at radius 2 is 2.07 bits per heavy atom. The number of carbonyl (C=O) groups is 1. The lowest BCUT2D eigenvalue weighted by atomic mass is 10.1. The minimum absolute atomic E-state index is 0.0347. The van der Waals surface area contributed by atoms with Crippen LogP contribution in [-0.4, -0.2) is 41.7 Å². The predicted octanol–water partition coefficient (Wildman–Crippen LogP) is 0.343. The van der Waals surface area contributed by atoms with Gasteiger partial charge in [-0.2, -0.15) is 0 Å². The zero-order valence-electron chi connectivity index (χ0n) is 9.36. The van der Waals surface area contributed by atoms with Crippen LogP contribution in [0, 0.1) is 0 Å². The molecule has 0 aromatic rings. The minimum atomic E-state index is -0.390. The largest absolute Gasteiger partial charge is 0.393 e. The van der Waals surface area contributed by atoms with E-state index in [-0.39, 0.29) is 18.1 Å². The van der Waals surface area contributed by atoms with E-state index in [2.05, 4.69) is 0 Å². The molecule has 0 saturated carbocycles. The quantitative estimate of drug-likeness (QED) is 0.653. The van der Waals surface area contributed by atoms with Crippen molar-refractivity contribution < 1.29 is 9.90 Å². The van der Waals surface area contributed by atoms with Crippen LogP contribution in [0.2, 0.25) is 0 Å². The fourth-order valence-corrected chi connectivity index (χ4v) is 1.21. The van der Waals surface area contributed by atoms with Gasteiger partial charge in [0.05, 0.1) is 12.1 Å². The van der Waals surface area contributed by atoms with E-state index < -0.39 is 0 Å². The third-order valence-corrected chi connectivity index (χ3v) is 2.18. The lowest BCUT2D eigenvalue weighted by Crippen LogP contribution is -2.42. The van der Waals surface area contributed by atoms with Crippen LogP contribution in [0.5, 0.6) is 0 Å². The van der Waals surface area contributed by atoms with Gasteiger partial charge >= 0.3 is 0 Å². The third kappa shape index (κ3) is 5.19. The van der Waals surface area contributed by atoms with Crippen LogP contribution < -0.4 is 5.73 Å². The van der Waals surface area contributed by atoms with Crippen LogP contribution in [0.1, 0.15) is 33.1 Å². The Labute approximate surface area is 86.1 Å². The molecule has 0 fully saturated rings. The molecule has 0 heterocycles. The second-order valence-corrected chi connectivity index (χ2v) is 3.79. The van der Waals surface area contributed by atoms with E-state index in [9.17, 15) is 4.79 Å². The van der Waals surface area contributed by atoms with E-state index in [1.165, 1.54) is 0 Å². The van der Waals surface area contributed by atoms with Gasteiger partial charge < -0.3 is 15.7 Å². The Hall–Kier alpha value is -0.610. The topological polar surface area (TPSA) is 66.6 Å². The zero-order valence-corrected chi connectivity index (χ0v) is 9.36. The smallest absolute Gasteiger partial charge is 0.239 e. The molecular formula is C10H22N2O2. The number of aliphatic hydroxyl groups excluding tert-OH is 1. The Balaban J connectivity index is 3.86. The molecule has 84 valence electrons. The van der Waals surface area contributed by atoms with E-state index in [0.717, 1.165) is 12.8 Å². The van der Waals surface area contributed by atoms with Gasteiger partial charge in [-0.1, -0.05) is 13.3 Å². The maximum absolute atomic E-state index is 11.6. The molecule has 4 heteroatoms. The Bertz CT molecular complexity index is 172. The molecule has 0 rings (SSSR count). The first-order valence-electron chi connectivity index (χ1n) is 5.17. The van der Waals surface area contributed by atoms with Gasteiger partial charge in [0, 0.05) is 13.6 Å². The summed E-state index contributed by atoms with van der Waals surface area (Å²) in [6, 6.07) is -0.390. The highest BCUT2D eigenvalue weighted by atomic mass is 16.3. The molecule has 0 bridgehead atoms. The number of carbonyl (C=O) groups excluding carboxylic acids is 1. The molecule has 14 heavy (non-hydrogen) atoms. The molecule has 3 N–H and O–H groups in total. The summed E-state index contributed by atoms with van der Waals surface area (Å²) in [4.78, 5) is 13.2. The van der Waals surface area contributed by atoms with Crippen molar-refractivity contribution in [3.05, 3.63) is 0 Å². The van der Waals surface area contributed by atoms with Crippen LogP contribution in [0.4, 0.5) is 0 Å². The van der Waals surface area contributed by atoms with Crippen molar-refractivity contribution in [2.75, 3.05) is 13.6 Å². The molecule has 0 aliphatic heterocycles. The molecule has 0 aliphatic carbocycles. The Morgan fingerprint density at radius 3 is 2.50 bits per heavy atom. The number of nitrogens with zero attached hydrogens (tertiary/aromatic N) is 1. The second kappa shape index (κ2) is 6.79. The van der Waals surface area contributed by atoms with Gasteiger partial charge in [-0.15, -0.1) is 0 Å². The lowest BCUT2D eigenvalue weighted by molar-refractivity contribution is -0.131. The number of hydrogen-bond donors (Lipinski definition) is 2. The number of rotatable bonds is 6. The standard InChI is InChI=1S/C10H22N2O2/c1-4-5-9(11)10(14)12(3)7-6-8(2)13/h8-9,13H,4-7,11H2,1-3H3/t8?,9-/m0/s1. The summed E-state index contributed by atoms with van der Waals surface area (Å²) in [6.07, 6.45) is 1.86. The molecule has 2 atom stereocenters. The first-order valence-corrected chi connectivity index (χ1v) is 5.17. The molecule has 0 aromatic heterocycles. The van der Waals surface area contributed by atoms with Crippen molar-refractivity contribution in [1.82, 2.24) is 4.90 Å². The summed E-state index contributed by atoms with van der Waals surface area (Å²) < 4.78 is 0. The number of hydrogen-bond acceptors (Lipinski definition) is 3. The van der Waals surface area contributed by atoms with Gasteiger partial charge in [0.15, 0.2) is 0 Å². The Kier molecular flexibility index (Phi) is 6.49. The monoisotopic (exact) mass is 202 g/mol. The second-order valence-electron chi connectivity index (χ2n) is 3.79. The summed E-state index contributed by atoms with van der Waals surface area (Å²) in [6.45, 7) is 4.28. The van der Waals surface area contributed by atoms with Crippen molar-refractivity contribution in [1.29, 1.82) is 0 Å². The average molecular weight is 202 g/mol. The summed E-state index contributed by atoms with van der Waals surface area (Å²) in [7, 11) is 1.72. The van der Waals surface area contributed by atoms with E-state index in [1.54, 1.807) is 18.9 Å². The Morgan fingerprint density at radius 1 is 1.50 bits per heavy atom. The van der Waals surface area contributed by atoms with Gasteiger partial charge in [-0.3, -0.25) is 4.79 Å². The van der Waals surface area contributed by atoms with Crippen molar-refractivity contribution in [2.45, 2.75) is 45.3 Å². The summed E-state index contributed by atoms with van der Waals surface area (Å²) in [5.74, 6) is -0.0347. The molecule has 1 amide bonds. The molecule has 4 nitrogen and oxygen atoms in total. The van der Waals surface area contributed by atoms with Gasteiger partial charge in [0.2, 0.25) is 5.91 Å². The molecule has 0 saturated heterocycles. The van der Waals surface area contributed by atoms with Crippen molar-refractivity contribution in [2.24, 2.45) is 5.73 Å². The lowest BCUT2D eigenvalue weighted by Gasteiger charge is -2.21. The number of nitrogens with two attached hydrogens (primary N) is 1. The van der Waals surface area contributed by atoms with Crippen LogP contribution in [0.3, 0.4) is 0 Å². The van der Waals surface area contributed by atoms with Gasteiger partial charge in [0.25, 0.3) is 0 Å². The molecule has 0 aromatic carbocycles. The number of likely N-dealkylation sites (N-methyl/N-ethyl adjacent to an activating group) is 1. The van der Waals surface area contributed by atoms with Crippen LogP contribution in [0.15, 0.2) is 0 Å². The SMILES string of the molecule is CCC[C@H](N)C(=O)N(C)CCC(C)O. The van der Waals surface area contributed by atoms with Crippen LogP contribution in [-0.2, 0) is 4.79 Å². The third-order valence-electron chi connectivity index (χ3n) is 2.18. The molecule has 0 spiro atoms. The highest BCUT2D eigenvalue weighted by molar-refractivity contribution is 5.81. The molecule has 1 unspecified atom stereocenters. The molecule has 0 radical (unpaired) electrons. The van der Waals surface area contributed by atoms with Crippen molar-refractivity contribution >= 4 is 5.91 Å². The van der Waals surface area contributed by atoms with Crippen LogP contribution in [0.25, 0.3) is 0 Å². The molecule has 0 aliphatic rings. The van der Waals surface area contributed by atoms with Gasteiger partial charge in [-0.05, 0) is 19.8 Å². The number of amides is 1. The normalized spacial score (nSPS) is 14.9. The maximum atomic E-state index is 11.6. The number of aliphatic hydroxyl groups is 1. The van der Waals surface area contributed by atoms with Gasteiger partial charge in [0.1, 0.15) is 0 Å². The zero-order chi connectivity index (χ0) is 11.1. The highest BCUT2D eigenvalue weighted by Gasteiger charge is 2.16. The van der Waals surface area contributed by atoms with E-state index in [4.69, 9.17) is 10.8 Å². The van der Waals surface area contributed by atoms with E-state index in [0.29, 0.717) is 13.0 Å².